The Labute approximate surface area is 260 Å². The van der Waals surface area contributed by atoms with Crippen LogP contribution in [0.15, 0.2) is 53.1 Å². The highest BCUT2D eigenvalue weighted by molar-refractivity contribution is 9.10. The number of fused-ring (bicyclic) bond motifs is 1. The third kappa shape index (κ3) is 6.29. The number of benzene rings is 2. The number of primary amides is 1. The first kappa shape index (κ1) is 30.7. The van der Waals surface area contributed by atoms with Crippen LogP contribution in [-0.2, 0) is 16.8 Å². The van der Waals surface area contributed by atoms with Crippen LogP contribution in [0.25, 0.3) is 22.2 Å². The van der Waals surface area contributed by atoms with Crippen molar-refractivity contribution < 1.29 is 28.6 Å². The lowest BCUT2D eigenvalue weighted by atomic mass is 9.90. The molecule has 9 nitrogen and oxygen atoms in total. The van der Waals surface area contributed by atoms with Crippen molar-refractivity contribution in [2.24, 2.45) is 11.7 Å². The van der Waals surface area contributed by atoms with Crippen molar-refractivity contribution in [3.8, 4) is 22.8 Å². The SMILES string of the molecule is CCOc1c(CC(N)=O)cc([C@@](O)(CNC(=O)c2cc(OC)c3ncc(Br)cc3c2)C2CC2)nc1-c1cccc(F)c1Cl. The summed E-state index contributed by atoms with van der Waals surface area (Å²) in [5, 5.41) is 15.5. The van der Waals surface area contributed by atoms with Gasteiger partial charge in [0.1, 0.15) is 34.1 Å². The van der Waals surface area contributed by atoms with Gasteiger partial charge in [0, 0.05) is 32.7 Å². The molecular formula is C31H29BrClFN4O5. The van der Waals surface area contributed by atoms with Gasteiger partial charge >= 0.3 is 0 Å². The highest BCUT2D eigenvalue weighted by atomic mass is 79.9. The van der Waals surface area contributed by atoms with Crippen molar-refractivity contribution in [1.29, 1.82) is 0 Å². The number of halogens is 3. The van der Waals surface area contributed by atoms with Crippen LogP contribution in [0.1, 0.15) is 41.4 Å². The lowest BCUT2D eigenvalue weighted by molar-refractivity contribution is -0.117. The van der Waals surface area contributed by atoms with Crippen LogP contribution in [-0.4, -0.2) is 47.2 Å². The Hall–Kier alpha value is -3.80. The molecule has 5 rings (SSSR count). The minimum atomic E-state index is -1.63. The summed E-state index contributed by atoms with van der Waals surface area (Å²) >= 11 is 9.75. The molecular weight excluding hydrogens is 643 g/mol. The van der Waals surface area contributed by atoms with Crippen LogP contribution in [0.3, 0.4) is 0 Å². The lowest BCUT2D eigenvalue weighted by Gasteiger charge is -2.30. The summed E-state index contributed by atoms with van der Waals surface area (Å²) in [6, 6.07) is 10.9. The number of aromatic nitrogens is 2. The summed E-state index contributed by atoms with van der Waals surface area (Å²) in [7, 11) is 1.50. The number of carbonyl (C=O) groups is 2. The van der Waals surface area contributed by atoms with Gasteiger partial charge in [-0.05, 0) is 71.9 Å². The van der Waals surface area contributed by atoms with Gasteiger partial charge in [0.15, 0.2) is 0 Å². The van der Waals surface area contributed by atoms with Crippen LogP contribution < -0.4 is 20.5 Å². The maximum absolute atomic E-state index is 14.5. The highest BCUT2D eigenvalue weighted by Crippen LogP contribution is 2.47. The van der Waals surface area contributed by atoms with E-state index in [1.165, 1.54) is 19.2 Å². The first-order valence-corrected chi connectivity index (χ1v) is 14.8. The quantitative estimate of drug-likeness (QED) is 0.197. The number of aliphatic hydroxyl groups is 1. The van der Waals surface area contributed by atoms with Gasteiger partial charge < -0.3 is 25.6 Å². The summed E-state index contributed by atoms with van der Waals surface area (Å²) in [6.07, 6.45) is 2.79. The van der Waals surface area contributed by atoms with E-state index in [0.29, 0.717) is 40.6 Å². The summed E-state index contributed by atoms with van der Waals surface area (Å²) in [6.45, 7) is 1.78. The van der Waals surface area contributed by atoms with Crippen LogP contribution in [0.2, 0.25) is 5.02 Å². The minimum Gasteiger partial charge on any atom is -0.494 e. The second-order valence-electron chi connectivity index (χ2n) is 10.3. The van der Waals surface area contributed by atoms with Gasteiger partial charge in [-0.1, -0.05) is 23.7 Å². The summed E-state index contributed by atoms with van der Waals surface area (Å²) in [5.41, 5.74) is 5.75. The normalized spacial score (nSPS) is 14.3. The summed E-state index contributed by atoms with van der Waals surface area (Å²) in [4.78, 5) is 34.6. The number of amides is 2. The van der Waals surface area contributed by atoms with Crippen molar-refractivity contribution in [2.75, 3.05) is 20.3 Å². The second kappa shape index (κ2) is 12.4. The van der Waals surface area contributed by atoms with Gasteiger partial charge in [0.2, 0.25) is 5.91 Å². The van der Waals surface area contributed by atoms with E-state index in [2.05, 4.69) is 26.2 Å². The number of carbonyl (C=O) groups excluding carboxylic acids is 2. The molecule has 0 spiro atoms. The van der Waals surface area contributed by atoms with E-state index >= 15 is 0 Å². The zero-order valence-electron chi connectivity index (χ0n) is 23.4. The number of nitrogens with zero attached hydrogens (tertiary/aromatic N) is 2. The Balaban J connectivity index is 1.56. The number of hydrogen-bond acceptors (Lipinski definition) is 7. The molecule has 0 saturated heterocycles. The molecule has 1 aliphatic carbocycles. The van der Waals surface area contributed by atoms with Crippen molar-refractivity contribution in [3.05, 3.63) is 80.8 Å². The van der Waals surface area contributed by atoms with E-state index < -0.39 is 23.2 Å². The summed E-state index contributed by atoms with van der Waals surface area (Å²) in [5.74, 6) is -1.35. The van der Waals surface area contributed by atoms with E-state index in [1.807, 2.05) is 6.07 Å². The standard InChI is InChI=1S/C31H29BrClFN4O5/c1-3-43-29-17(13-25(35)39)12-24(38-28(29)21-5-4-6-22(34)26(21)33)31(41,19-7-8-19)15-37-30(40)18-9-16-10-20(32)14-36-27(16)23(11-18)42-2/h4-6,9-12,14,19,41H,3,7-8,13,15H2,1-2H3,(H2,35,39)(H,37,40)/t31-/m1/s1. The first-order valence-electron chi connectivity index (χ1n) is 13.6. The molecule has 2 heterocycles. The van der Waals surface area contributed by atoms with E-state index in [0.717, 1.165) is 4.47 Å². The lowest BCUT2D eigenvalue weighted by Crippen LogP contribution is -2.43. The number of methoxy groups -OCH3 is 1. The number of hydrogen-bond donors (Lipinski definition) is 3. The Bertz CT molecular complexity index is 1730. The molecule has 0 bridgehead atoms. The fraction of sp³-hybridized carbons (Fsp3) is 0.290. The molecule has 2 amide bonds. The molecule has 4 N–H and O–H groups in total. The number of nitrogens with one attached hydrogen (secondary N) is 1. The molecule has 1 aliphatic rings. The van der Waals surface area contributed by atoms with Gasteiger partial charge in [-0.2, -0.15) is 0 Å². The third-order valence-electron chi connectivity index (χ3n) is 7.32. The number of pyridine rings is 2. The van der Waals surface area contributed by atoms with E-state index in [-0.39, 0.29) is 53.2 Å². The first-order chi connectivity index (χ1) is 20.5. The number of ether oxygens (including phenoxy) is 2. The fourth-order valence-corrected chi connectivity index (χ4v) is 5.66. The largest absolute Gasteiger partial charge is 0.494 e. The molecule has 0 radical (unpaired) electrons. The van der Waals surface area contributed by atoms with Crippen LogP contribution in [0.4, 0.5) is 4.39 Å². The Morgan fingerprint density at radius 1 is 1.26 bits per heavy atom. The smallest absolute Gasteiger partial charge is 0.251 e. The van der Waals surface area contributed by atoms with Crippen LogP contribution in [0.5, 0.6) is 11.5 Å². The van der Waals surface area contributed by atoms with Crippen molar-refractivity contribution in [1.82, 2.24) is 15.3 Å². The van der Waals surface area contributed by atoms with Gasteiger partial charge in [-0.25, -0.2) is 9.37 Å². The van der Waals surface area contributed by atoms with E-state index in [9.17, 15) is 19.1 Å². The number of nitrogens with two attached hydrogens (primary N) is 1. The highest BCUT2D eigenvalue weighted by Gasteiger charge is 2.47. The minimum absolute atomic E-state index is 0.155. The molecule has 0 aliphatic heterocycles. The zero-order chi connectivity index (χ0) is 30.9. The van der Waals surface area contributed by atoms with Gasteiger partial charge in [-0.15, -0.1) is 0 Å². The molecule has 2 aromatic heterocycles. The molecule has 2 aromatic carbocycles. The molecule has 1 atom stereocenters. The molecule has 12 heteroatoms. The van der Waals surface area contributed by atoms with Gasteiger partial charge in [0.25, 0.3) is 5.91 Å². The molecule has 1 fully saturated rings. The number of rotatable bonds is 11. The Morgan fingerprint density at radius 3 is 2.70 bits per heavy atom. The maximum Gasteiger partial charge on any atom is 0.251 e. The van der Waals surface area contributed by atoms with Crippen molar-refractivity contribution in [3.63, 3.8) is 0 Å². The van der Waals surface area contributed by atoms with Gasteiger partial charge in [0.05, 0.1) is 37.4 Å². The molecule has 0 unspecified atom stereocenters. The second-order valence-corrected chi connectivity index (χ2v) is 11.6. The third-order valence-corrected chi connectivity index (χ3v) is 8.14. The van der Waals surface area contributed by atoms with E-state index in [4.69, 9.17) is 31.8 Å². The van der Waals surface area contributed by atoms with Crippen molar-refractivity contribution in [2.45, 2.75) is 31.8 Å². The average Bonchev–Trinajstić information content (AvgIpc) is 3.83. The predicted octanol–water partition coefficient (Wildman–Crippen LogP) is 5.31. The van der Waals surface area contributed by atoms with Crippen molar-refractivity contribution >= 4 is 50.2 Å². The topological polar surface area (TPSA) is 137 Å². The predicted molar refractivity (Wildman–Crippen MR) is 164 cm³/mol. The molecule has 4 aromatic rings. The van der Waals surface area contributed by atoms with E-state index in [1.54, 1.807) is 37.4 Å². The monoisotopic (exact) mass is 670 g/mol. The molecule has 224 valence electrons. The summed E-state index contributed by atoms with van der Waals surface area (Å²) < 4.78 is 26.6. The fourth-order valence-electron chi connectivity index (χ4n) is 5.10. The Morgan fingerprint density at radius 2 is 2.02 bits per heavy atom. The molecule has 43 heavy (non-hydrogen) atoms. The average molecular weight is 672 g/mol. The van der Waals surface area contributed by atoms with Gasteiger partial charge in [-0.3, -0.25) is 14.6 Å². The Kier molecular flexibility index (Phi) is 8.86. The zero-order valence-corrected chi connectivity index (χ0v) is 25.8. The van der Waals surface area contributed by atoms with Crippen LogP contribution in [0, 0.1) is 11.7 Å². The molecule has 1 saturated carbocycles. The maximum atomic E-state index is 14.5. The van der Waals surface area contributed by atoms with Crippen LogP contribution >= 0.6 is 27.5 Å².